The fraction of sp³-hybridized carbons (Fsp3) is 0.235. The largest absolute Gasteiger partial charge is 0.321 e. The molecule has 1 fully saturated rings. The molecule has 1 aliphatic carbocycles. The summed E-state index contributed by atoms with van der Waals surface area (Å²) in [6.45, 7) is 1.74. The minimum Gasteiger partial charge on any atom is -0.321 e. The highest BCUT2D eigenvalue weighted by molar-refractivity contribution is 5.82. The van der Waals surface area contributed by atoms with E-state index in [2.05, 4.69) is 20.6 Å². The van der Waals surface area contributed by atoms with Gasteiger partial charge < -0.3 is 4.57 Å². The fourth-order valence-corrected chi connectivity index (χ4v) is 2.78. The van der Waals surface area contributed by atoms with E-state index in [0.29, 0.717) is 22.7 Å². The van der Waals surface area contributed by atoms with Crippen LogP contribution in [0.5, 0.6) is 0 Å². The van der Waals surface area contributed by atoms with E-state index < -0.39 is 0 Å². The molecule has 1 aromatic carbocycles. The third-order valence-corrected chi connectivity index (χ3v) is 4.13. The molecule has 4 rings (SSSR count). The summed E-state index contributed by atoms with van der Waals surface area (Å²) in [5.74, 6) is 0.404. The van der Waals surface area contributed by atoms with Gasteiger partial charge in [0.05, 0.1) is 28.9 Å². The van der Waals surface area contributed by atoms with Crippen molar-refractivity contribution >= 4 is 11.0 Å². The van der Waals surface area contributed by atoms with Gasteiger partial charge >= 0.3 is 0 Å². The monoisotopic (exact) mass is 292 g/mol. The molecule has 2 heterocycles. The molecule has 0 amide bonds. The highest BCUT2D eigenvalue weighted by Crippen LogP contribution is 2.41. The van der Waals surface area contributed by atoms with Crippen LogP contribution in [0.1, 0.15) is 30.0 Å². The van der Waals surface area contributed by atoms with Gasteiger partial charge in [0.15, 0.2) is 0 Å². The highest BCUT2D eigenvalue weighted by atomic mass is 19.1. The maximum absolute atomic E-state index is 13.8. The standard InChI is InChI=1S/C17H13FN4/c1-10-13(8-20-9-14(10)18)17-21-15-5-2-11(7-19)6-16(15)22(17)12-3-4-12/h2,5-6,8-9,12H,3-4H2,1H3. The zero-order chi connectivity index (χ0) is 15.3. The molecule has 0 unspecified atom stereocenters. The zero-order valence-corrected chi connectivity index (χ0v) is 12.0. The zero-order valence-electron chi connectivity index (χ0n) is 12.0. The van der Waals surface area contributed by atoms with Crippen LogP contribution < -0.4 is 0 Å². The number of nitriles is 1. The molecule has 3 aromatic rings. The molecule has 108 valence electrons. The van der Waals surface area contributed by atoms with Crippen molar-refractivity contribution in [3.05, 3.63) is 47.5 Å². The summed E-state index contributed by atoms with van der Waals surface area (Å²) in [4.78, 5) is 8.63. The third-order valence-electron chi connectivity index (χ3n) is 4.13. The second kappa shape index (κ2) is 4.63. The van der Waals surface area contributed by atoms with Crippen LogP contribution in [0.25, 0.3) is 22.4 Å². The van der Waals surface area contributed by atoms with E-state index in [9.17, 15) is 4.39 Å². The van der Waals surface area contributed by atoms with Gasteiger partial charge in [-0.25, -0.2) is 9.37 Å². The number of rotatable bonds is 2. The van der Waals surface area contributed by atoms with Crippen molar-refractivity contribution in [2.75, 3.05) is 0 Å². The molecule has 0 N–H and O–H groups in total. The number of aromatic nitrogens is 3. The van der Waals surface area contributed by atoms with E-state index in [0.717, 1.165) is 29.7 Å². The van der Waals surface area contributed by atoms with Crippen molar-refractivity contribution in [2.24, 2.45) is 0 Å². The Hall–Kier alpha value is -2.74. The van der Waals surface area contributed by atoms with Gasteiger partial charge in [0, 0.05) is 17.8 Å². The number of pyridine rings is 1. The highest BCUT2D eigenvalue weighted by Gasteiger charge is 2.29. The van der Waals surface area contributed by atoms with Crippen molar-refractivity contribution in [3.63, 3.8) is 0 Å². The van der Waals surface area contributed by atoms with Gasteiger partial charge in [0.1, 0.15) is 11.6 Å². The quantitative estimate of drug-likeness (QED) is 0.722. The minimum absolute atomic E-state index is 0.329. The molecule has 5 heteroatoms. The second-order valence-electron chi connectivity index (χ2n) is 5.65. The van der Waals surface area contributed by atoms with Crippen molar-refractivity contribution < 1.29 is 4.39 Å². The number of halogens is 1. The van der Waals surface area contributed by atoms with E-state index in [1.807, 2.05) is 12.1 Å². The number of fused-ring (bicyclic) bond motifs is 1. The SMILES string of the molecule is Cc1c(F)cncc1-c1nc2ccc(C#N)cc2n1C1CC1. The first-order valence-corrected chi connectivity index (χ1v) is 7.21. The Morgan fingerprint density at radius 1 is 1.32 bits per heavy atom. The Morgan fingerprint density at radius 2 is 2.14 bits per heavy atom. The molecule has 0 spiro atoms. The summed E-state index contributed by atoms with van der Waals surface area (Å²) < 4.78 is 16.0. The Labute approximate surface area is 126 Å². The second-order valence-corrected chi connectivity index (χ2v) is 5.65. The molecule has 0 atom stereocenters. The molecule has 22 heavy (non-hydrogen) atoms. The number of hydrogen-bond donors (Lipinski definition) is 0. The molecule has 2 aromatic heterocycles. The van der Waals surface area contributed by atoms with Crippen LogP contribution in [-0.4, -0.2) is 14.5 Å². The van der Waals surface area contributed by atoms with E-state index >= 15 is 0 Å². The predicted molar refractivity (Wildman–Crippen MR) is 80.6 cm³/mol. The first-order valence-electron chi connectivity index (χ1n) is 7.21. The number of imidazole rings is 1. The minimum atomic E-state index is -0.329. The Balaban J connectivity index is 2.04. The van der Waals surface area contributed by atoms with Crippen LogP contribution in [-0.2, 0) is 0 Å². The molecule has 0 aliphatic heterocycles. The topological polar surface area (TPSA) is 54.5 Å². The molecule has 1 saturated carbocycles. The number of hydrogen-bond acceptors (Lipinski definition) is 3. The fourth-order valence-electron chi connectivity index (χ4n) is 2.78. The van der Waals surface area contributed by atoms with Gasteiger partial charge in [-0.1, -0.05) is 0 Å². The number of nitrogens with zero attached hydrogens (tertiary/aromatic N) is 4. The lowest BCUT2D eigenvalue weighted by Crippen LogP contribution is -2.00. The molecule has 1 aliphatic rings. The van der Waals surface area contributed by atoms with Crippen molar-refractivity contribution in [1.29, 1.82) is 5.26 Å². The smallest absolute Gasteiger partial charge is 0.145 e. The first-order chi connectivity index (χ1) is 10.7. The van der Waals surface area contributed by atoms with Crippen molar-refractivity contribution in [1.82, 2.24) is 14.5 Å². The lowest BCUT2D eigenvalue weighted by Gasteiger charge is -2.10. The van der Waals surface area contributed by atoms with Crippen LogP contribution in [0.15, 0.2) is 30.6 Å². The molecule has 0 saturated heterocycles. The maximum atomic E-state index is 13.8. The Bertz CT molecular complexity index is 932. The van der Waals surface area contributed by atoms with E-state index in [1.54, 1.807) is 19.2 Å². The average molecular weight is 292 g/mol. The van der Waals surface area contributed by atoms with E-state index in [4.69, 9.17) is 5.26 Å². The molecular formula is C17H13FN4. The van der Waals surface area contributed by atoms with E-state index in [1.165, 1.54) is 6.20 Å². The summed E-state index contributed by atoms with van der Waals surface area (Å²) in [5.41, 5.74) is 3.62. The Morgan fingerprint density at radius 3 is 2.86 bits per heavy atom. The summed E-state index contributed by atoms with van der Waals surface area (Å²) in [5, 5.41) is 9.11. The third kappa shape index (κ3) is 1.88. The van der Waals surface area contributed by atoms with Crippen molar-refractivity contribution in [3.8, 4) is 17.5 Å². The van der Waals surface area contributed by atoms with Crippen LogP contribution in [0.3, 0.4) is 0 Å². The van der Waals surface area contributed by atoms with Gasteiger partial charge in [-0.05, 0) is 43.5 Å². The van der Waals surface area contributed by atoms with Gasteiger partial charge in [0.2, 0.25) is 0 Å². The lowest BCUT2D eigenvalue weighted by molar-refractivity contribution is 0.612. The van der Waals surface area contributed by atoms with Crippen LogP contribution >= 0.6 is 0 Å². The van der Waals surface area contributed by atoms with Crippen LogP contribution in [0.2, 0.25) is 0 Å². The van der Waals surface area contributed by atoms with Crippen LogP contribution in [0, 0.1) is 24.1 Å². The average Bonchev–Trinajstić information content (AvgIpc) is 3.30. The molecule has 0 radical (unpaired) electrons. The first kappa shape index (κ1) is 13.0. The summed E-state index contributed by atoms with van der Waals surface area (Å²) in [7, 11) is 0. The van der Waals surface area contributed by atoms with E-state index in [-0.39, 0.29) is 5.82 Å². The molecular weight excluding hydrogens is 279 g/mol. The Kier molecular flexibility index (Phi) is 2.73. The normalized spacial score (nSPS) is 14.2. The summed E-state index contributed by atoms with van der Waals surface area (Å²) in [6, 6.07) is 7.99. The summed E-state index contributed by atoms with van der Waals surface area (Å²) in [6.07, 6.45) is 5.04. The molecule has 0 bridgehead atoms. The van der Waals surface area contributed by atoms with Gasteiger partial charge in [-0.3, -0.25) is 4.98 Å². The van der Waals surface area contributed by atoms with Crippen LogP contribution in [0.4, 0.5) is 4.39 Å². The maximum Gasteiger partial charge on any atom is 0.145 e. The predicted octanol–water partition coefficient (Wildman–Crippen LogP) is 3.75. The van der Waals surface area contributed by atoms with Crippen molar-refractivity contribution in [2.45, 2.75) is 25.8 Å². The van der Waals surface area contributed by atoms with Gasteiger partial charge in [-0.15, -0.1) is 0 Å². The number of benzene rings is 1. The molecule has 4 nitrogen and oxygen atoms in total. The lowest BCUT2D eigenvalue weighted by atomic mass is 10.1. The van der Waals surface area contributed by atoms with Gasteiger partial charge in [-0.2, -0.15) is 5.26 Å². The van der Waals surface area contributed by atoms with Gasteiger partial charge in [0.25, 0.3) is 0 Å². The summed E-state index contributed by atoms with van der Waals surface area (Å²) >= 11 is 0.